The Balaban J connectivity index is 1.50. The number of carbonyl (C=O) groups is 2. The zero-order chi connectivity index (χ0) is 20.6. The first kappa shape index (κ1) is 19.7. The highest BCUT2D eigenvalue weighted by molar-refractivity contribution is 8.01. The van der Waals surface area contributed by atoms with Crippen molar-refractivity contribution in [2.75, 3.05) is 5.32 Å². The average Bonchev–Trinajstić information content (AvgIpc) is 3.08. The summed E-state index contributed by atoms with van der Waals surface area (Å²) in [6.45, 7) is 5.57. The monoisotopic (exact) mass is 424 g/mol. The molecule has 7 heteroatoms. The number of cyclic esters (lactones) is 1. The first-order chi connectivity index (χ1) is 13.8. The quantitative estimate of drug-likeness (QED) is 0.596. The van der Waals surface area contributed by atoms with Crippen LogP contribution in [0.25, 0.3) is 0 Å². The highest BCUT2D eigenvalue weighted by atomic mass is 32.2. The Morgan fingerprint density at radius 3 is 2.76 bits per heavy atom. The molecule has 1 N–H and O–H groups in total. The molecule has 4 rings (SSSR count). The van der Waals surface area contributed by atoms with E-state index in [2.05, 4.69) is 10.3 Å². The number of carbonyl (C=O) groups excluding carboxylic acids is 2. The van der Waals surface area contributed by atoms with Gasteiger partial charge in [0.05, 0.1) is 5.56 Å². The van der Waals surface area contributed by atoms with E-state index in [-0.39, 0.29) is 5.91 Å². The number of aryl methyl sites for hydroxylation is 2. The molecule has 1 unspecified atom stereocenters. The van der Waals surface area contributed by atoms with Crippen LogP contribution in [-0.2, 0) is 16.0 Å². The standard InChI is InChI=1S/C22H20N2O3S2/c1-13-10-16(29-21-23-14(2)12-28-21)8-9-18(13)24-20(26)22(3)11-15-6-4-5-7-17(15)19(25)27-22/h4-10,12H,11H2,1-3H3,(H,24,26). The van der Waals surface area contributed by atoms with Gasteiger partial charge in [0, 0.05) is 28.1 Å². The van der Waals surface area contributed by atoms with Gasteiger partial charge in [0.2, 0.25) is 0 Å². The van der Waals surface area contributed by atoms with E-state index in [4.69, 9.17) is 4.74 Å². The van der Waals surface area contributed by atoms with Gasteiger partial charge < -0.3 is 10.1 Å². The van der Waals surface area contributed by atoms with Crippen LogP contribution in [0.4, 0.5) is 5.69 Å². The van der Waals surface area contributed by atoms with Gasteiger partial charge >= 0.3 is 5.97 Å². The number of ether oxygens (including phenoxy) is 1. The number of esters is 1. The number of nitrogens with zero attached hydrogens (tertiary/aromatic N) is 1. The molecular formula is C22H20N2O3S2. The molecule has 3 aromatic rings. The molecule has 1 amide bonds. The Kier molecular flexibility index (Phi) is 5.19. The largest absolute Gasteiger partial charge is 0.445 e. The van der Waals surface area contributed by atoms with Crippen molar-refractivity contribution in [3.63, 3.8) is 0 Å². The van der Waals surface area contributed by atoms with E-state index in [0.717, 1.165) is 26.1 Å². The van der Waals surface area contributed by atoms with E-state index < -0.39 is 11.6 Å². The maximum absolute atomic E-state index is 13.0. The Labute approximate surface area is 177 Å². The molecule has 0 radical (unpaired) electrons. The van der Waals surface area contributed by atoms with Gasteiger partial charge in [0.15, 0.2) is 9.94 Å². The van der Waals surface area contributed by atoms with E-state index in [1.807, 2.05) is 49.6 Å². The maximum Gasteiger partial charge on any atom is 0.339 e. The molecule has 29 heavy (non-hydrogen) atoms. The minimum atomic E-state index is -1.25. The Hall–Kier alpha value is -2.64. The second-order valence-corrected chi connectivity index (χ2v) is 9.42. The molecule has 1 aliphatic rings. The van der Waals surface area contributed by atoms with E-state index in [1.165, 1.54) is 0 Å². The fraction of sp³-hybridized carbons (Fsp3) is 0.227. The first-order valence-corrected chi connectivity index (χ1v) is 10.9. The average molecular weight is 425 g/mol. The molecule has 0 bridgehead atoms. The van der Waals surface area contributed by atoms with Crippen molar-refractivity contribution in [3.05, 3.63) is 70.2 Å². The zero-order valence-electron chi connectivity index (χ0n) is 16.3. The van der Waals surface area contributed by atoms with E-state index >= 15 is 0 Å². The summed E-state index contributed by atoms with van der Waals surface area (Å²) in [7, 11) is 0. The number of nitrogens with one attached hydrogen (secondary N) is 1. The van der Waals surface area contributed by atoms with Crippen LogP contribution in [0, 0.1) is 13.8 Å². The van der Waals surface area contributed by atoms with Crippen LogP contribution in [0.3, 0.4) is 0 Å². The van der Waals surface area contributed by atoms with Crippen LogP contribution < -0.4 is 5.32 Å². The summed E-state index contributed by atoms with van der Waals surface area (Å²) in [5.74, 6) is -0.800. The van der Waals surface area contributed by atoms with Crippen LogP contribution in [-0.4, -0.2) is 22.5 Å². The Morgan fingerprint density at radius 2 is 2.03 bits per heavy atom. The van der Waals surface area contributed by atoms with Crippen molar-refractivity contribution in [1.29, 1.82) is 0 Å². The molecule has 148 valence electrons. The summed E-state index contributed by atoms with van der Waals surface area (Å²) in [5.41, 5.74) is 2.74. The summed E-state index contributed by atoms with van der Waals surface area (Å²) < 4.78 is 6.50. The molecular weight excluding hydrogens is 404 g/mol. The topological polar surface area (TPSA) is 68.3 Å². The number of fused-ring (bicyclic) bond motifs is 1. The van der Waals surface area contributed by atoms with Gasteiger partial charge in [-0.3, -0.25) is 4.79 Å². The normalized spacial score (nSPS) is 18.1. The van der Waals surface area contributed by atoms with E-state index in [9.17, 15) is 9.59 Å². The second-order valence-electron chi connectivity index (χ2n) is 7.24. The summed E-state index contributed by atoms with van der Waals surface area (Å²) in [6.07, 6.45) is 0.344. The van der Waals surface area contributed by atoms with Crippen molar-refractivity contribution in [1.82, 2.24) is 4.98 Å². The fourth-order valence-corrected chi connectivity index (χ4v) is 5.14. The molecule has 1 atom stereocenters. The summed E-state index contributed by atoms with van der Waals surface area (Å²) >= 11 is 3.21. The lowest BCUT2D eigenvalue weighted by atomic mass is 9.89. The Morgan fingerprint density at radius 1 is 1.24 bits per heavy atom. The van der Waals surface area contributed by atoms with Crippen molar-refractivity contribution >= 4 is 40.7 Å². The van der Waals surface area contributed by atoms with Crippen LogP contribution >= 0.6 is 23.1 Å². The van der Waals surface area contributed by atoms with Crippen LogP contribution in [0.2, 0.25) is 0 Å². The lowest BCUT2D eigenvalue weighted by Gasteiger charge is -2.33. The van der Waals surface area contributed by atoms with E-state index in [0.29, 0.717) is 17.7 Å². The van der Waals surface area contributed by atoms with Crippen molar-refractivity contribution in [3.8, 4) is 0 Å². The number of thiazole rings is 1. The van der Waals surface area contributed by atoms with Crippen LogP contribution in [0.15, 0.2) is 57.1 Å². The minimum Gasteiger partial charge on any atom is -0.445 e. The van der Waals surface area contributed by atoms with Gasteiger partial charge in [0.25, 0.3) is 5.91 Å². The Bertz CT molecular complexity index is 1110. The number of anilines is 1. The third-order valence-corrected chi connectivity index (χ3v) is 6.86. The number of hydrogen-bond acceptors (Lipinski definition) is 6. The number of hydrogen-bond donors (Lipinski definition) is 1. The maximum atomic E-state index is 13.0. The zero-order valence-corrected chi connectivity index (χ0v) is 17.9. The molecule has 1 aromatic heterocycles. The molecule has 2 heterocycles. The summed E-state index contributed by atoms with van der Waals surface area (Å²) in [6, 6.07) is 13.1. The van der Waals surface area contributed by atoms with E-state index in [1.54, 1.807) is 42.2 Å². The number of amides is 1. The number of rotatable bonds is 4. The van der Waals surface area contributed by atoms with Crippen LogP contribution in [0.1, 0.15) is 34.1 Å². The predicted molar refractivity (Wildman–Crippen MR) is 115 cm³/mol. The third kappa shape index (κ3) is 4.06. The molecule has 5 nitrogen and oxygen atoms in total. The lowest BCUT2D eigenvalue weighted by molar-refractivity contribution is -0.134. The van der Waals surface area contributed by atoms with Gasteiger partial charge in [-0.25, -0.2) is 9.78 Å². The van der Waals surface area contributed by atoms with Crippen molar-refractivity contribution in [2.24, 2.45) is 0 Å². The first-order valence-electron chi connectivity index (χ1n) is 9.17. The molecule has 0 saturated carbocycles. The summed E-state index contributed by atoms with van der Waals surface area (Å²) in [4.78, 5) is 30.8. The fourth-order valence-electron chi connectivity index (χ4n) is 3.23. The van der Waals surface area contributed by atoms with Gasteiger partial charge in [-0.15, -0.1) is 11.3 Å². The van der Waals surface area contributed by atoms with Gasteiger partial charge in [-0.2, -0.15) is 0 Å². The number of benzene rings is 2. The minimum absolute atomic E-state index is 0.334. The molecule has 0 spiro atoms. The van der Waals surface area contributed by atoms with Gasteiger partial charge in [-0.1, -0.05) is 30.0 Å². The highest BCUT2D eigenvalue weighted by Gasteiger charge is 2.42. The highest BCUT2D eigenvalue weighted by Crippen LogP contribution is 2.33. The van der Waals surface area contributed by atoms with Gasteiger partial charge in [0.1, 0.15) is 0 Å². The van der Waals surface area contributed by atoms with Gasteiger partial charge in [-0.05, 0) is 56.2 Å². The molecule has 0 fully saturated rings. The predicted octanol–water partition coefficient (Wildman–Crippen LogP) is 5.02. The lowest BCUT2D eigenvalue weighted by Crippen LogP contribution is -2.49. The molecule has 0 saturated heterocycles. The van der Waals surface area contributed by atoms with Crippen molar-refractivity contribution < 1.29 is 14.3 Å². The van der Waals surface area contributed by atoms with Crippen molar-refractivity contribution in [2.45, 2.75) is 42.0 Å². The molecule has 1 aliphatic heterocycles. The molecule has 2 aromatic carbocycles. The SMILES string of the molecule is Cc1csc(Sc2ccc(NC(=O)C3(C)Cc4ccccc4C(=O)O3)c(C)c2)n1. The smallest absolute Gasteiger partial charge is 0.339 e. The second kappa shape index (κ2) is 7.65. The van der Waals surface area contributed by atoms with Crippen LogP contribution in [0.5, 0.6) is 0 Å². The third-order valence-electron chi connectivity index (χ3n) is 4.81. The number of aromatic nitrogens is 1. The molecule has 0 aliphatic carbocycles. The summed E-state index contributed by atoms with van der Waals surface area (Å²) in [5, 5.41) is 4.95.